The summed E-state index contributed by atoms with van der Waals surface area (Å²) < 4.78 is 4.95. The molecule has 1 N–H and O–H groups in total. The number of nitrogens with one attached hydrogen (secondary N) is 1. The van der Waals surface area contributed by atoms with Crippen LogP contribution in [0.2, 0.25) is 0 Å². The van der Waals surface area contributed by atoms with Crippen molar-refractivity contribution in [1.82, 2.24) is 5.32 Å². The van der Waals surface area contributed by atoms with Gasteiger partial charge in [0.15, 0.2) is 0 Å². The monoisotopic (exact) mass is 263 g/mol. The van der Waals surface area contributed by atoms with E-state index < -0.39 is 0 Å². The van der Waals surface area contributed by atoms with Gasteiger partial charge in [-0.05, 0) is 30.5 Å². The van der Waals surface area contributed by atoms with Crippen LogP contribution in [0.25, 0.3) is 0 Å². The maximum atomic E-state index is 11.6. The van der Waals surface area contributed by atoms with Crippen LogP contribution in [0.15, 0.2) is 24.3 Å². The van der Waals surface area contributed by atoms with Gasteiger partial charge in [-0.25, -0.2) is 0 Å². The number of carbonyl (C=O) groups is 2. The Bertz CT molecular complexity index is 426. The Hall–Kier alpha value is -1.84. The second-order valence-electron chi connectivity index (χ2n) is 4.59. The molecule has 1 aromatic carbocycles. The van der Waals surface area contributed by atoms with E-state index in [0.717, 1.165) is 18.4 Å². The molecule has 0 saturated carbocycles. The fraction of sp³-hybridized carbons (Fsp3) is 0.467. The normalized spacial score (nSPS) is 11.7. The van der Waals surface area contributed by atoms with Crippen molar-refractivity contribution in [2.75, 3.05) is 6.54 Å². The lowest BCUT2D eigenvalue weighted by Crippen LogP contribution is -2.30. The predicted octanol–water partition coefficient (Wildman–Crippen LogP) is 2.32. The molecule has 1 atom stereocenters. The van der Waals surface area contributed by atoms with Crippen LogP contribution < -0.4 is 10.1 Å². The Kier molecular flexibility index (Phi) is 6.06. The van der Waals surface area contributed by atoms with Crippen molar-refractivity contribution < 1.29 is 14.3 Å². The molecule has 4 heteroatoms. The van der Waals surface area contributed by atoms with Crippen LogP contribution in [0, 0.1) is 5.92 Å². The predicted molar refractivity (Wildman–Crippen MR) is 73.9 cm³/mol. The summed E-state index contributed by atoms with van der Waals surface area (Å²) in [6, 6.07) is 7.31. The zero-order chi connectivity index (χ0) is 14.3. The molecule has 0 aliphatic rings. The molecule has 0 heterocycles. The molecular formula is C15H21NO3. The fourth-order valence-electron chi connectivity index (χ4n) is 1.58. The molecule has 1 unspecified atom stereocenters. The van der Waals surface area contributed by atoms with Gasteiger partial charge in [0.25, 0.3) is 0 Å². The van der Waals surface area contributed by atoms with Crippen LogP contribution >= 0.6 is 0 Å². The minimum absolute atomic E-state index is 0.0614. The summed E-state index contributed by atoms with van der Waals surface area (Å²) in [5.74, 6) is 0.374. The molecule has 0 aliphatic carbocycles. The molecule has 0 spiro atoms. The molecule has 0 saturated heterocycles. The summed E-state index contributed by atoms with van der Waals surface area (Å²) in [4.78, 5) is 22.3. The first-order valence-electron chi connectivity index (χ1n) is 6.58. The van der Waals surface area contributed by atoms with E-state index in [1.165, 1.54) is 6.92 Å². The van der Waals surface area contributed by atoms with Crippen molar-refractivity contribution in [3.63, 3.8) is 0 Å². The third-order valence-corrected chi connectivity index (χ3v) is 2.96. The SMILES string of the molecule is CCC(C)C(=O)NCCc1ccc(OC(C)=O)cc1. The molecule has 0 radical (unpaired) electrons. The Morgan fingerprint density at radius 1 is 1.26 bits per heavy atom. The van der Waals surface area contributed by atoms with Crippen LogP contribution in [0.5, 0.6) is 5.75 Å². The maximum Gasteiger partial charge on any atom is 0.308 e. The number of hydrogen-bond acceptors (Lipinski definition) is 3. The van der Waals surface area contributed by atoms with Gasteiger partial charge in [0, 0.05) is 19.4 Å². The average molecular weight is 263 g/mol. The molecule has 19 heavy (non-hydrogen) atoms. The smallest absolute Gasteiger partial charge is 0.308 e. The van der Waals surface area contributed by atoms with E-state index >= 15 is 0 Å². The number of rotatable bonds is 6. The Morgan fingerprint density at radius 2 is 1.89 bits per heavy atom. The molecule has 1 rings (SSSR count). The highest BCUT2D eigenvalue weighted by atomic mass is 16.5. The lowest BCUT2D eigenvalue weighted by Gasteiger charge is -2.10. The topological polar surface area (TPSA) is 55.4 Å². The molecule has 4 nitrogen and oxygen atoms in total. The van der Waals surface area contributed by atoms with Crippen LogP contribution in [0.3, 0.4) is 0 Å². The Morgan fingerprint density at radius 3 is 2.42 bits per heavy atom. The fourth-order valence-corrected chi connectivity index (χ4v) is 1.58. The van der Waals surface area contributed by atoms with E-state index in [1.54, 1.807) is 12.1 Å². The van der Waals surface area contributed by atoms with Gasteiger partial charge < -0.3 is 10.1 Å². The van der Waals surface area contributed by atoms with Crippen molar-refractivity contribution >= 4 is 11.9 Å². The van der Waals surface area contributed by atoms with Crippen LogP contribution in [0.4, 0.5) is 0 Å². The molecule has 1 amide bonds. The second kappa shape index (κ2) is 7.56. The van der Waals surface area contributed by atoms with Crippen molar-refractivity contribution in [1.29, 1.82) is 0 Å². The lowest BCUT2D eigenvalue weighted by atomic mass is 10.1. The van der Waals surface area contributed by atoms with Gasteiger partial charge in [0.1, 0.15) is 5.75 Å². The average Bonchev–Trinajstić information content (AvgIpc) is 2.39. The lowest BCUT2D eigenvalue weighted by molar-refractivity contribution is -0.132. The van der Waals surface area contributed by atoms with E-state index in [1.807, 2.05) is 26.0 Å². The Balaban J connectivity index is 2.38. The summed E-state index contributed by atoms with van der Waals surface area (Å²) in [5.41, 5.74) is 1.10. The van der Waals surface area contributed by atoms with Crippen LogP contribution in [0.1, 0.15) is 32.8 Å². The van der Waals surface area contributed by atoms with Gasteiger partial charge in [0.2, 0.25) is 5.91 Å². The first-order chi connectivity index (χ1) is 9.02. The second-order valence-corrected chi connectivity index (χ2v) is 4.59. The first kappa shape index (κ1) is 15.2. The molecule has 0 fully saturated rings. The van der Waals surface area contributed by atoms with Gasteiger partial charge in [-0.2, -0.15) is 0 Å². The van der Waals surface area contributed by atoms with Gasteiger partial charge in [0.05, 0.1) is 0 Å². The summed E-state index contributed by atoms with van der Waals surface area (Å²) in [7, 11) is 0. The Labute approximate surface area is 114 Å². The number of carbonyl (C=O) groups excluding carboxylic acids is 2. The number of hydrogen-bond donors (Lipinski definition) is 1. The zero-order valence-corrected chi connectivity index (χ0v) is 11.7. The van der Waals surface area contributed by atoms with Crippen LogP contribution in [-0.4, -0.2) is 18.4 Å². The molecule has 0 aromatic heterocycles. The molecule has 0 aliphatic heterocycles. The van der Waals surface area contributed by atoms with E-state index in [-0.39, 0.29) is 17.8 Å². The van der Waals surface area contributed by atoms with Crippen LogP contribution in [-0.2, 0) is 16.0 Å². The number of benzene rings is 1. The van der Waals surface area contributed by atoms with Crippen molar-refractivity contribution in [2.24, 2.45) is 5.92 Å². The van der Waals surface area contributed by atoms with E-state index in [0.29, 0.717) is 12.3 Å². The number of amides is 1. The molecule has 104 valence electrons. The summed E-state index contributed by atoms with van der Waals surface area (Å²) in [6.07, 6.45) is 1.62. The summed E-state index contributed by atoms with van der Waals surface area (Å²) >= 11 is 0. The molecule has 0 bridgehead atoms. The third kappa shape index (κ3) is 5.55. The highest BCUT2D eigenvalue weighted by Gasteiger charge is 2.08. The third-order valence-electron chi connectivity index (χ3n) is 2.96. The first-order valence-corrected chi connectivity index (χ1v) is 6.58. The van der Waals surface area contributed by atoms with E-state index in [2.05, 4.69) is 5.32 Å². The van der Waals surface area contributed by atoms with E-state index in [4.69, 9.17) is 4.74 Å². The minimum atomic E-state index is -0.325. The van der Waals surface area contributed by atoms with Gasteiger partial charge in [-0.15, -0.1) is 0 Å². The van der Waals surface area contributed by atoms with Gasteiger partial charge in [-0.3, -0.25) is 9.59 Å². The standard InChI is InChI=1S/C15H21NO3/c1-4-11(2)15(18)16-10-9-13-5-7-14(8-6-13)19-12(3)17/h5-8,11H,4,9-10H2,1-3H3,(H,16,18). The maximum absolute atomic E-state index is 11.6. The van der Waals surface area contributed by atoms with Crippen molar-refractivity contribution in [3.05, 3.63) is 29.8 Å². The minimum Gasteiger partial charge on any atom is -0.427 e. The zero-order valence-electron chi connectivity index (χ0n) is 11.7. The van der Waals surface area contributed by atoms with E-state index in [9.17, 15) is 9.59 Å². The largest absolute Gasteiger partial charge is 0.427 e. The van der Waals surface area contributed by atoms with Crippen molar-refractivity contribution in [2.45, 2.75) is 33.6 Å². The highest BCUT2D eigenvalue weighted by Crippen LogP contribution is 2.12. The quantitative estimate of drug-likeness (QED) is 0.633. The van der Waals surface area contributed by atoms with Gasteiger partial charge in [-0.1, -0.05) is 26.0 Å². The number of esters is 1. The van der Waals surface area contributed by atoms with Gasteiger partial charge >= 0.3 is 5.97 Å². The molecular weight excluding hydrogens is 242 g/mol. The number of ether oxygens (including phenoxy) is 1. The summed E-state index contributed by atoms with van der Waals surface area (Å²) in [5, 5.41) is 2.90. The highest BCUT2D eigenvalue weighted by molar-refractivity contribution is 5.78. The van der Waals surface area contributed by atoms with Crippen molar-refractivity contribution in [3.8, 4) is 5.75 Å². The molecule has 1 aromatic rings. The summed E-state index contributed by atoms with van der Waals surface area (Å²) in [6.45, 7) is 5.91.